The molecule has 0 unspecified atom stereocenters. The summed E-state index contributed by atoms with van der Waals surface area (Å²) in [6.07, 6.45) is 1.85. The van der Waals surface area contributed by atoms with Crippen LogP contribution in [0.15, 0.2) is 0 Å². The maximum Gasteiger partial charge on any atom is 0.154 e. The summed E-state index contributed by atoms with van der Waals surface area (Å²) in [5, 5.41) is 0.553. The van der Waals surface area contributed by atoms with Crippen LogP contribution in [-0.4, -0.2) is 14.7 Å². The van der Waals surface area contributed by atoms with Crippen LogP contribution in [0.4, 0.5) is 0 Å². The average Bonchev–Trinajstić information content (AvgIpc) is 1.62. The summed E-state index contributed by atoms with van der Waals surface area (Å²) >= 11 is 0. The third-order valence-electron chi connectivity index (χ3n) is 1.13. The molecular weight excluding hydrogens is 124 g/mol. The summed E-state index contributed by atoms with van der Waals surface area (Å²) in [4.78, 5) is 0. The molecule has 1 radical (unpaired) electrons. The molecule has 0 saturated heterocycles. The maximum atomic E-state index is 10.5. The first-order valence-electron chi connectivity index (χ1n) is 2.51. The Morgan fingerprint density at radius 1 is 1.50 bits per heavy atom. The molecule has 0 amide bonds. The van der Waals surface area contributed by atoms with Crippen molar-refractivity contribution in [2.45, 2.75) is 20.3 Å². The zero-order valence-corrected chi connectivity index (χ0v) is 6.25. The quantitative estimate of drug-likeness (QED) is 0.566. The summed E-state index contributed by atoms with van der Waals surface area (Å²) in [6.45, 7) is 3.46. The highest BCUT2D eigenvalue weighted by molar-refractivity contribution is 7.93. The predicted molar refractivity (Wildman–Crippen MR) is 34.1 cm³/mol. The van der Waals surface area contributed by atoms with Gasteiger partial charge in [-0.15, -0.1) is 0 Å². The van der Waals surface area contributed by atoms with Crippen LogP contribution in [0.3, 0.4) is 0 Å². The minimum Gasteiger partial charge on any atom is -0.229 e. The Kier molecular flexibility index (Phi) is 2.47. The van der Waals surface area contributed by atoms with Gasteiger partial charge in [0.2, 0.25) is 0 Å². The van der Waals surface area contributed by atoms with Gasteiger partial charge in [-0.05, 0) is 13.3 Å². The molecule has 0 bridgehead atoms. The largest absolute Gasteiger partial charge is 0.229 e. The van der Waals surface area contributed by atoms with Crippen molar-refractivity contribution in [1.82, 2.24) is 0 Å². The molecule has 49 valence electrons. The molecule has 0 rings (SSSR count). The number of hydrogen-bond donors (Lipinski definition) is 0. The molecule has 0 aliphatic carbocycles. The SMILES string of the molecule is CC[C](C)S(C)(=O)=O. The first kappa shape index (κ1) is 7.95. The molecule has 0 aliphatic rings. The van der Waals surface area contributed by atoms with E-state index in [-0.39, 0.29) is 0 Å². The maximum absolute atomic E-state index is 10.5. The first-order chi connectivity index (χ1) is 3.48. The molecule has 0 heterocycles. The summed E-state index contributed by atoms with van der Waals surface area (Å²) in [6, 6.07) is 0. The van der Waals surface area contributed by atoms with Crippen molar-refractivity contribution in [2.75, 3.05) is 6.26 Å². The van der Waals surface area contributed by atoms with E-state index in [0.29, 0.717) is 11.7 Å². The molecule has 0 spiro atoms. The second-order valence-electron chi connectivity index (χ2n) is 1.83. The Morgan fingerprint density at radius 3 is 1.88 bits per heavy atom. The van der Waals surface area contributed by atoms with E-state index >= 15 is 0 Å². The lowest BCUT2D eigenvalue weighted by Crippen LogP contribution is -2.04. The first-order valence-corrected chi connectivity index (χ1v) is 4.40. The van der Waals surface area contributed by atoms with Crippen molar-refractivity contribution in [2.24, 2.45) is 0 Å². The van der Waals surface area contributed by atoms with Gasteiger partial charge in [-0.25, -0.2) is 8.42 Å². The highest BCUT2D eigenvalue weighted by Gasteiger charge is 2.11. The fourth-order valence-electron chi connectivity index (χ4n) is 0.262. The fourth-order valence-corrected chi connectivity index (χ4v) is 0.787. The molecule has 0 aromatic carbocycles. The van der Waals surface area contributed by atoms with Crippen LogP contribution in [-0.2, 0) is 9.84 Å². The van der Waals surface area contributed by atoms with E-state index in [1.165, 1.54) is 6.26 Å². The van der Waals surface area contributed by atoms with Crippen molar-refractivity contribution >= 4 is 9.84 Å². The van der Waals surface area contributed by atoms with E-state index in [1.807, 2.05) is 6.92 Å². The molecule has 0 saturated carbocycles. The zero-order valence-electron chi connectivity index (χ0n) is 5.43. The topological polar surface area (TPSA) is 34.1 Å². The van der Waals surface area contributed by atoms with Crippen molar-refractivity contribution in [3.05, 3.63) is 5.25 Å². The van der Waals surface area contributed by atoms with Crippen molar-refractivity contribution < 1.29 is 8.42 Å². The van der Waals surface area contributed by atoms with Crippen molar-refractivity contribution in [1.29, 1.82) is 0 Å². The van der Waals surface area contributed by atoms with Crippen LogP contribution in [0, 0.1) is 5.25 Å². The number of rotatable bonds is 2. The summed E-state index contributed by atoms with van der Waals surface area (Å²) < 4.78 is 21.1. The molecule has 3 heteroatoms. The van der Waals surface area contributed by atoms with Crippen LogP contribution in [0.5, 0.6) is 0 Å². The van der Waals surface area contributed by atoms with E-state index in [1.54, 1.807) is 6.92 Å². The van der Waals surface area contributed by atoms with Crippen LogP contribution < -0.4 is 0 Å². The highest BCUT2D eigenvalue weighted by atomic mass is 32.2. The van der Waals surface area contributed by atoms with Gasteiger partial charge < -0.3 is 0 Å². The third kappa shape index (κ3) is 2.31. The zero-order chi connectivity index (χ0) is 6.78. The second kappa shape index (κ2) is 2.49. The Balaban J connectivity index is 4.04. The van der Waals surface area contributed by atoms with Gasteiger partial charge in [-0.1, -0.05) is 6.92 Å². The summed E-state index contributed by atoms with van der Waals surface area (Å²) in [5.74, 6) is 0. The average molecular weight is 135 g/mol. The Labute approximate surface area is 50.8 Å². The summed E-state index contributed by atoms with van der Waals surface area (Å²) in [7, 11) is -2.84. The molecule has 0 aliphatic heterocycles. The van der Waals surface area contributed by atoms with Crippen LogP contribution in [0.1, 0.15) is 20.3 Å². The number of hydrogen-bond acceptors (Lipinski definition) is 2. The third-order valence-corrected chi connectivity index (χ3v) is 2.69. The highest BCUT2D eigenvalue weighted by Crippen LogP contribution is 2.10. The van der Waals surface area contributed by atoms with Crippen molar-refractivity contribution in [3.8, 4) is 0 Å². The predicted octanol–water partition coefficient (Wildman–Crippen LogP) is 0.993. The normalized spacial score (nSPS) is 12.5. The van der Waals surface area contributed by atoms with E-state index in [4.69, 9.17) is 0 Å². The van der Waals surface area contributed by atoms with Gasteiger partial charge >= 0.3 is 0 Å². The molecule has 8 heavy (non-hydrogen) atoms. The van der Waals surface area contributed by atoms with Gasteiger partial charge in [0, 0.05) is 6.26 Å². The number of sulfone groups is 1. The molecule has 0 N–H and O–H groups in total. The van der Waals surface area contributed by atoms with E-state index < -0.39 is 9.84 Å². The fraction of sp³-hybridized carbons (Fsp3) is 0.800. The minimum atomic E-state index is -2.84. The molecule has 0 aromatic heterocycles. The molecule has 2 nitrogen and oxygen atoms in total. The molecular formula is C5H11O2S. The Morgan fingerprint density at radius 2 is 1.88 bits per heavy atom. The van der Waals surface area contributed by atoms with E-state index in [0.717, 1.165) is 0 Å². The standard InChI is InChI=1S/C5H11O2S/c1-4-5(2)8(3,6)7/h4H2,1-3H3. The van der Waals surface area contributed by atoms with E-state index in [9.17, 15) is 8.42 Å². The molecule has 0 aromatic rings. The minimum absolute atomic E-state index is 0.553. The van der Waals surface area contributed by atoms with Gasteiger partial charge in [0.25, 0.3) is 0 Å². The van der Waals surface area contributed by atoms with Crippen molar-refractivity contribution in [3.63, 3.8) is 0 Å². The van der Waals surface area contributed by atoms with Gasteiger partial charge in [-0.2, -0.15) is 0 Å². The van der Waals surface area contributed by atoms with Gasteiger partial charge in [0.15, 0.2) is 9.84 Å². The van der Waals surface area contributed by atoms with Crippen LogP contribution in [0.2, 0.25) is 0 Å². The summed E-state index contributed by atoms with van der Waals surface area (Å²) in [5.41, 5.74) is 0. The second-order valence-corrected chi connectivity index (χ2v) is 4.07. The lowest BCUT2D eigenvalue weighted by atomic mass is 10.4. The Bertz CT molecular complexity index is 146. The van der Waals surface area contributed by atoms with Gasteiger partial charge in [0.1, 0.15) is 0 Å². The van der Waals surface area contributed by atoms with Gasteiger partial charge in [-0.3, -0.25) is 0 Å². The molecule has 0 fully saturated rings. The van der Waals surface area contributed by atoms with E-state index in [2.05, 4.69) is 0 Å². The molecule has 0 atom stereocenters. The van der Waals surface area contributed by atoms with Crippen LogP contribution in [0.25, 0.3) is 0 Å². The van der Waals surface area contributed by atoms with Crippen LogP contribution >= 0.6 is 0 Å². The lowest BCUT2D eigenvalue weighted by Gasteiger charge is -2.01. The van der Waals surface area contributed by atoms with Gasteiger partial charge in [0.05, 0.1) is 5.25 Å². The monoisotopic (exact) mass is 135 g/mol. The Hall–Kier alpha value is -0.0500. The lowest BCUT2D eigenvalue weighted by molar-refractivity contribution is 0.600. The smallest absolute Gasteiger partial charge is 0.154 e.